The Labute approximate surface area is 135 Å². The molecule has 2 aromatic heterocycles. The van der Waals surface area contributed by atoms with Gasteiger partial charge in [-0.3, -0.25) is 0 Å². The Morgan fingerprint density at radius 2 is 2.00 bits per heavy atom. The number of aromatic nitrogens is 4. The topological polar surface area (TPSA) is 64.9 Å². The smallest absolute Gasteiger partial charge is 0.135 e. The van der Waals surface area contributed by atoms with Crippen LogP contribution in [0.1, 0.15) is 23.1 Å². The SMILES string of the molecule is COCc1cc(N[C@H](c2ccccc2)c2nccn2C)ncn1. The minimum absolute atomic E-state index is 0.0958. The number of hydrogen-bond acceptors (Lipinski definition) is 5. The maximum atomic E-state index is 5.13. The molecule has 6 heteroatoms. The van der Waals surface area contributed by atoms with E-state index < -0.39 is 0 Å². The quantitative estimate of drug-likeness (QED) is 0.758. The van der Waals surface area contributed by atoms with Crippen molar-refractivity contribution in [3.8, 4) is 0 Å². The zero-order valence-electron chi connectivity index (χ0n) is 13.2. The number of anilines is 1. The van der Waals surface area contributed by atoms with Crippen molar-refractivity contribution in [2.75, 3.05) is 12.4 Å². The van der Waals surface area contributed by atoms with Crippen molar-refractivity contribution < 1.29 is 4.74 Å². The summed E-state index contributed by atoms with van der Waals surface area (Å²) < 4.78 is 7.13. The number of aryl methyl sites for hydroxylation is 1. The molecule has 0 aliphatic carbocycles. The predicted molar refractivity (Wildman–Crippen MR) is 87.9 cm³/mol. The minimum Gasteiger partial charge on any atom is -0.378 e. The van der Waals surface area contributed by atoms with Crippen LogP contribution in [0.4, 0.5) is 5.82 Å². The number of nitrogens with zero attached hydrogens (tertiary/aromatic N) is 4. The summed E-state index contributed by atoms with van der Waals surface area (Å²) in [5.74, 6) is 1.66. The average Bonchev–Trinajstić information content (AvgIpc) is 3.00. The number of methoxy groups -OCH3 is 1. The molecule has 23 heavy (non-hydrogen) atoms. The fourth-order valence-corrected chi connectivity index (χ4v) is 2.45. The maximum Gasteiger partial charge on any atom is 0.135 e. The fourth-order valence-electron chi connectivity index (χ4n) is 2.45. The van der Waals surface area contributed by atoms with Gasteiger partial charge in [0, 0.05) is 32.6 Å². The molecule has 0 saturated heterocycles. The number of hydrogen-bond donors (Lipinski definition) is 1. The highest BCUT2D eigenvalue weighted by Gasteiger charge is 2.18. The van der Waals surface area contributed by atoms with Gasteiger partial charge in [0.05, 0.1) is 12.3 Å². The molecule has 3 rings (SSSR count). The summed E-state index contributed by atoms with van der Waals surface area (Å²) in [6, 6.07) is 12.0. The highest BCUT2D eigenvalue weighted by Crippen LogP contribution is 2.24. The monoisotopic (exact) mass is 309 g/mol. The second kappa shape index (κ2) is 7.02. The van der Waals surface area contributed by atoms with Gasteiger partial charge < -0.3 is 14.6 Å². The zero-order chi connectivity index (χ0) is 16.1. The summed E-state index contributed by atoms with van der Waals surface area (Å²) >= 11 is 0. The Kier molecular flexibility index (Phi) is 4.63. The molecule has 1 N–H and O–H groups in total. The Morgan fingerprint density at radius 1 is 1.17 bits per heavy atom. The lowest BCUT2D eigenvalue weighted by Crippen LogP contribution is -2.17. The normalized spacial score (nSPS) is 12.1. The van der Waals surface area contributed by atoms with E-state index in [1.54, 1.807) is 13.3 Å². The molecule has 1 atom stereocenters. The van der Waals surface area contributed by atoms with Crippen LogP contribution < -0.4 is 5.32 Å². The van der Waals surface area contributed by atoms with Crippen LogP contribution in [0.25, 0.3) is 0 Å². The molecular weight excluding hydrogens is 290 g/mol. The van der Waals surface area contributed by atoms with E-state index in [2.05, 4.69) is 32.4 Å². The summed E-state index contributed by atoms with van der Waals surface area (Å²) in [5.41, 5.74) is 1.95. The fraction of sp³-hybridized carbons (Fsp3) is 0.235. The van der Waals surface area contributed by atoms with Gasteiger partial charge in [0.2, 0.25) is 0 Å². The third-order valence-electron chi connectivity index (χ3n) is 3.56. The van der Waals surface area contributed by atoms with Crippen LogP contribution in [0.15, 0.2) is 55.1 Å². The third kappa shape index (κ3) is 3.54. The number of benzene rings is 1. The maximum absolute atomic E-state index is 5.13. The lowest BCUT2D eigenvalue weighted by Gasteiger charge is -2.19. The standard InChI is InChI=1S/C17H19N5O/c1-22-9-8-18-17(22)16(13-6-4-3-5-7-13)21-15-10-14(11-23-2)19-12-20-15/h3-10,12,16H,11H2,1-2H3,(H,19,20,21)/t16-/m1/s1. The van der Waals surface area contributed by atoms with Crippen molar-refractivity contribution in [3.63, 3.8) is 0 Å². The molecule has 0 unspecified atom stereocenters. The first kappa shape index (κ1) is 15.2. The molecule has 6 nitrogen and oxygen atoms in total. The van der Waals surface area contributed by atoms with E-state index in [1.165, 1.54) is 6.33 Å². The minimum atomic E-state index is -0.0958. The van der Waals surface area contributed by atoms with Crippen molar-refractivity contribution in [1.29, 1.82) is 0 Å². The first-order valence-corrected chi connectivity index (χ1v) is 7.36. The summed E-state index contributed by atoms with van der Waals surface area (Å²) in [6.45, 7) is 0.454. The van der Waals surface area contributed by atoms with Gasteiger partial charge in [-0.25, -0.2) is 15.0 Å². The summed E-state index contributed by atoms with van der Waals surface area (Å²) in [6.07, 6.45) is 5.27. The van der Waals surface area contributed by atoms with Crippen LogP contribution in [-0.4, -0.2) is 26.6 Å². The average molecular weight is 309 g/mol. The highest BCUT2D eigenvalue weighted by atomic mass is 16.5. The molecule has 0 bridgehead atoms. The van der Waals surface area contributed by atoms with E-state index in [0.717, 1.165) is 22.9 Å². The molecule has 3 aromatic rings. The van der Waals surface area contributed by atoms with Gasteiger partial charge in [0.25, 0.3) is 0 Å². The molecule has 1 aromatic carbocycles. The molecule has 2 heterocycles. The van der Waals surface area contributed by atoms with Crippen molar-refractivity contribution in [3.05, 3.63) is 72.2 Å². The van der Waals surface area contributed by atoms with Crippen LogP contribution >= 0.6 is 0 Å². The van der Waals surface area contributed by atoms with E-state index in [4.69, 9.17) is 4.74 Å². The first-order valence-electron chi connectivity index (χ1n) is 7.36. The van der Waals surface area contributed by atoms with Crippen molar-refractivity contribution in [2.24, 2.45) is 7.05 Å². The van der Waals surface area contributed by atoms with Crippen LogP contribution in [0.3, 0.4) is 0 Å². The molecule has 0 aliphatic heterocycles. The van der Waals surface area contributed by atoms with Gasteiger partial charge in [-0.15, -0.1) is 0 Å². The van der Waals surface area contributed by atoms with E-state index in [9.17, 15) is 0 Å². The van der Waals surface area contributed by atoms with Gasteiger partial charge in [-0.1, -0.05) is 30.3 Å². The van der Waals surface area contributed by atoms with E-state index in [0.29, 0.717) is 6.61 Å². The molecule has 0 saturated carbocycles. The molecule has 0 radical (unpaired) electrons. The van der Waals surface area contributed by atoms with Gasteiger partial charge in [0.1, 0.15) is 24.0 Å². The van der Waals surface area contributed by atoms with Gasteiger partial charge in [0.15, 0.2) is 0 Å². The first-order chi connectivity index (χ1) is 11.3. The Hall–Kier alpha value is -2.73. The van der Waals surface area contributed by atoms with E-state index in [-0.39, 0.29) is 6.04 Å². The molecule has 0 amide bonds. The van der Waals surface area contributed by atoms with E-state index >= 15 is 0 Å². The van der Waals surface area contributed by atoms with Crippen molar-refractivity contribution in [2.45, 2.75) is 12.6 Å². The van der Waals surface area contributed by atoms with Gasteiger partial charge >= 0.3 is 0 Å². The lowest BCUT2D eigenvalue weighted by molar-refractivity contribution is 0.181. The Bertz CT molecular complexity index is 756. The second-order valence-electron chi connectivity index (χ2n) is 5.21. The van der Waals surface area contributed by atoms with Crippen LogP contribution in [0, 0.1) is 0 Å². The number of ether oxygens (including phenoxy) is 1. The van der Waals surface area contributed by atoms with Crippen LogP contribution in [0.5, 0.6) is 0 Å². The number of rotatable bonds is 6. The summed E-state index contributed by atoms with van der Waals surface area (Å²) in [7, 11) is 3.63. The molecule has 0 aliphatic rings. The van der Waals surface area contributed by atoms with Gasteiger partial charge in [-0.05, 0) is 5.56 Å². The second-order valence-corrected chi connectivity index (χ2v) is 5.21. The highest BCUT2D eigenvalue weighted by molar-refractivity contribution is 5.42. The molecule has 0 fully saturated rings. The van der Waals surface area contributed by atoms with Crippen molar-refractivity contribution in [1.82, 2.24) is 19.5 Å². The molecule has 0 spiro atoms. The summed E-state index contributed by atoms with van der Waals surface area (Å²) in [5, 5.41) is 3.45. The largest absolute Gasteiger partial charge is 0.378 e. The van der Waals surface area contributed by atoms with Crippen LogP contribution in [0.2, 0.25) is 0 Å². The Morgan fingerprint density at radius 3 is 2.70 bits per heavy atom. The van der Waals surface area contributed by atoms with Crippen molar-refractivity contribution >= 4 is 5.82 Å². The van der Waals surface area contributed by atoms with Gasteiger partial charge in [-0.2, -0.15) is 0 Å². The molecular formula is C17H19N5O. The molecule has 118 valence electrons. The summed E-state index contributed by atoms with van der Waals surface area (Å²) in [4.78, 5) is 13.0. The van der Waals surface area contributed by atoms with Crippen LogP contribution in [-0.2, 0) is 18.4 Å². The zero-order valence-corrected chi connectivity index (χ0v) is 13.2. The predicted octanol–water partition coefficient (Wildman–Crippen LogP) is 2.56. The lowest BCUT2D eigenvalue weighted by atomic mass is 10.1. The third-order valence-corrected chi connectivity index (χ3v) is 3.56. The number of imidazole rings is 1. The Balaban J connectivity index is 1.94. The van der Waals surface area contributed by atoms with E-state index in [1.807, 2.05) is 42.1 Å². The number of nitrogens with one attached hydrogen (secondary N) is 1.